The van der Waals surface area contributed by atoms with Gasteiger partial charge in [0.25, 0.3) is 5.91 Å². The summed E-state index contributed by atoms with van der Waals surface area (Å²) in [6.45, 7) is 1.77. The van der Waals surface area contributed by atoms with Crippen LogP contribution >= 0.6 is 0 Å². The van der Waals surface area contributed by atoms with Crippen LogP contribution in [-0.2, 0) is 0 Å². The molecule has 1 saturated heterocycles. The van der Waals surface area contributed by atoms with Crippen LogP contribution in [0.3, 0.4) is 0 Å². The van der Waals surface area contributed by atoms with Crippen LogP contribution in [-0.4, -0.2) is 53.7 Å². The van der Waals surface area contributed by atoms with E-state index < -0.39 is 0 Å². The highest BCUT2D eigenvalue weighted by molar-refractivity contribution is 5.96. The molecule has 0 aliphatic carbocycles. The molecule has 1 fully saturated rings. The molecule has 1 aromatic rings. The van der Waals surface area contributed by atoms with Crippen molar-refractivity contribution in [3.05, 3.63) is 29.6 Å². The molecule has 2 heterocycles. The predicted octanol–water partition coefficient (Wildman–Crippen LogP) is 0.249. The zero-order valence-electron chi connectivity index (χ0n) is 11.6. The first kappa shape index (κ1) is 14.5. The van der Waals surface area contributed by atoms with Crippen LogP contribution in [0.1, 0.15) is 28.8 Å². The molecule has 1 aliphatic rings. The van der Waals surface area contributed by atoms with Crippen molar-refractivity contribution in [2.75, 3.05) is 26.7 Å². The zero-order chi connectivity index (χ0) is 14.4. The van der Waals surface area contributed by atoms with Gasteiger partial charge in [0.2, 0.25) is 0 Å². The molecule has 0 aromatic carbocycles. The Kier molecular flexibility index (Phi) is 5.10. The average molecular weight is 273 g/mol. The van der Waals surface area contributed by atoms with E-state index in [1.165, 1.54) is 0 Å². The number of nitrogens with one attached hydrogen (secondary N) is 1. The lowest BCUT2D eigenvalue weighted by molar-refractivity contribution is 0.0916. The van der Waals surface area contributed by atoms with Crippen molar-refractivity contribution in [3.8, 4) is 11.8 Å². The van der Waals surface area contributed by atoms with E-state index in [2.05, 4.69) is 34.1 Å². The lowest BCUT2D eigenvalue weighted by Crippen LogP contribution is -2.43. The Morgan fingerprint density at radius 2 is 2.30 bits per heavy atom. The van der Waals surface area contributed by atoms with Crippen LogP contribution in [0.2, 0.25) is 0 Å². The maximum Gasteiger partial charge on any atom is 0.252 e. The summed E-state index contributed by atoms with van der Waals surface area (Å²) in [6, 6.07) is 1.87. The van der Waals surface area contributed by atoms with Gasteiger partial charge in [0, 0.05) is 18.4 Å². The largest absolute Gasteiger partial charge is 0.384 e. The second-order valence-corrected chi connectivity index (χ2v) is 4.93. The third kappa shape index (κ3) is 3.80. The summed E-state index contributed by atoms with van der Waals surface area (Å²) in [5, 5.41) is 11.8. The molecule has 0 bridgehead atoms. The lowest BCUT2D eigenvalue weighted by atomic mass is 10.0. The van der Waals surface area contributed by atoms with Crippen molar-refractivity contribution in [2.45, 2.75) is 18.9 Å². The number of piperidine rings is 1. The van der Waals surface area contributed by atoms with Crippen molar-refractivity contribution in [1.82, 2.24) is 15.2 Å². The second-order valence-electron chi connectivity index (χ2n) is 4.93. The van der Waals surface area contributed by atoms with Gasteiger partial charge in [-0.2, -0.15) is 0 Å². The SMILES string of the molecule is CN1CCC(NC(=O)c2ccncc2C#CCO)CC1. The van der Waals surface area contributed by atoms with Gasteiger partial charge < -0.3 is 15.3 Å². The van der Waals surface area contributed by atoms with E-state index in [-0.39, 0.29) is 18.6 Å². The van der Waals surface area contributed by atoms with Gasteiger partial charge in [0.15, 0.2) is 0 Å². The van der Waals surface area contributed by atoms with E-state index in [0.717, 1.165) is 25.9 Å². The summed E-state index contributed by atoms with van der Waals surface area (Å²) in [6.07, 6.45) is 5.05. The molecule has 5 nitrogen and oxygen atoms in total. The molecule has 20 heavy (non-hydrogen) atoms. The molecule has 1 amide bonds. The van der Waals surface area contributed by atoms with Crippen LogP contribution in [0.25, 0.3) is 0 Å². The maximum atomic E-state index is 12.3. The molecule has 0 atom stereocenters. The topological polar surface area (TPSA) is 65.5 Å². The molecular weight excluding hydrogens is 254 g/mol. The van der Waals surface area contributed by atoms with Crippen molar-refractivity contribution in [3.63, 3.8) is 0 Å². The monoisotopic (exact) mass is 273 g/mol. The Labute approximate surface area is 119 Å². The minimum atomic E-state index is -0.231. The normalized spacial score (nSPS) is 16.3. The second kappa shape index (κ2) is 7.04. The minimum Gasteiger partial charge on any atom is -0.384 e. The van der Waals surface area contributed by atoms with E-state index in [1.54, 1.807) is 18.5 Å². The van der Waals surface area contributed by atoms with Crippen LogP contribution in [0.4, 0.5) is 0 Å². The van der Waals surface area contributed by atoms with Gasteiger partial charge in [-0.15, -0.1) is 0 Å². The van der Waals surface area contributed by atoms with Gasteiger partial charge in [0.1, 0.15) is 6.61 Å². The van der Waals surface area contributed by atoms with Gasteiger partial charge >= 0.3 is 0 Å². The number of aliphatic hydroxyl groups is 1. The fourth-order valence-electron chi connectivity index (χ4n) is 2.24. The third-order valence-electron chi connectivity index (χ3n) is 3.42. The molecular formula is C15H19N3O2. The minimum absolute atomic E-state index is 0.121. The third-order valence-corrected chi connectivity index (χ3v) is 3.42. The molecule has 0 unspecified atom stereocenters. The number of likely N-dealkylation sites (tertiary alicyclic amines) is 1. The number of aliphatic hydroxyl groups excluding tert-OH is 1. The Morgan fingerprint density at radius 3 is 3.00 bits per heavy atom. The Hall–Kier alpha value is -1.90. The number of rotatable bonds is 2. The number of hydrogen-bond acceptors (Lipinski definition) is 4. The van der Waals surface area contributed by atoms with Crippen molar-refractivity contribution >= 4 is 5.91 Å². The predicted molar refractivity (Wildman–Crippen MR) is 76.2 cm³/mol. The van der Waals surface area contributed by atoms with Crippen molar-refractivity contribution < 1.29 is 9.90 Å². The molecule has 0 saturated carbocycles. The van der Waals surface area contributed by atoms with Crippen LogP contribution < -0.4 is 5.32 Å². The van der Waals surface area contributed by atoms with Crippen LogP contribution in [0.15, 0.2) is 18.5 Å². The van der Waals surface area contributed by atoms with E-state index in [0.29, 0.717) is 11.1 Å². The molecule has 0 radical (unpaired) electrons. The van der Waals surface area contributed by atoms with E-state index >= 15 is 0 Å². The maximum absolute atomic E-state index is 12.3. The van der Waals surface area contributed by atoms with Gasteiger partial charge in [-0.25, -0.2) is 0 Å². The highest BCUT2D eigenvalue weighted by Crippen LogP contribution is 2.11. The standard InChI is InChI=1S/C15H19N3O2/c1-18-8-5-13(6-9-18)17-15(20)14-4-7-16-11-12(14)3-2-10-19/h4,7,11,13,19H,5-6,8-10H2,1H3,(H,17,20). The van der Waals surface area contributed by atoms with Gasteiger partial charge in [-0.3, -0.25) is 9.78 Å². The van der Waals surface area contributed by atoms with Gasteiger partial charge in [0.05, 0.1) is 11.1 Å². The number of amides is 1. The van der Waals surface area contributed by atoms with Crippen molar-refractivity contribution in [1.29, 1.82) is 0 Å². The van der Waals surface area contributed by atoms with Gasteiger partial charge in [-0.05, 0) is 39.0 Å². The summed E-state index contributed by atoms with van der Waals surface area (Å²) < 4.78 is 0. The number of pyridine rings is 1. The molecule has 2 N–H and O–H groups in total. The molecule has 5 heteroatoms. The summed E-state index contributed by atoms with van der Waals surface area (Å²) >= 11 is 0. The summed E-state index contributed by atoms with van der Waals surface area (Å²) in [5.74, 6) is 5.18. The Balaban J connectivity index is 2.05. The Bertz CT molecular complexity index is 525. The summed E-state index contributed by atoms with van der Waals surface area (Å²) in [4.78, 5) is 18.5. The first-order valence-corrected chi connectivity index (χ1v) is 6.74. The van der Waals surface area contributed by atoms with Crippen LogP contribution in [0, 0.1) is 11.8 Å². The Morgan fingerprint density at radius 1 is 1.55 bits per heavy atom. The summed E-state index contributed by atoms with van der Waals surface area (Å²) in [7, 11) is 2.09. The fourth-order valence-corrected chi connectivity index (χ4v) is 2.24. The number of aromatic nitrogens is 1. The highest BCUT2D eigenvalue weighted by atomic mass is 16.2. The fraction of sp³-hybridized carbons (Fsp3) is 0.467. The molecule has 2 rings (SSSR count). The smallest absolute Gasteiger partial charge is 0.252 e. The molecule has 106 valence electrons. The highest BCUT2D eigenvalue weighted by Gasteiger charge is 2.20. The number of hydrogen-bond donors (Lipinski definition) is 2. The van der Waals surface area contributed by atoms with Crippen LogP contribution in [0.5, 0.6) is 0 Å². The van der Waals surface area contributed by atoms with E-state index in [4.69, 9.17) is 5.11 Å². The van der Waals surface area contributed by atoms with E-state index in [1.807, 2.05) is 0 Å². The molecule has 0 spiro atoms. The first-order valence-electron chi connectivity index (χ1n) is 6.74. The molecule has 1 aromatic heterocycles. The quantitative estimate of drug-likeness (QED) is 0.758. The van der Waals surface area contributed by atoms with Crippen molar-refractivity contribution in [2.24, 2.45) is 0 Å². The van der Waals surface area contributed by atoms with E-state index in [9.17, 15) is 4.79 Å². The number of carbonyl (C=O) groups is 1. The van der Waals surface area contributed by atoms with Gasteiger partial charge in [-0.1, -0.05) is 11.8 Å². The first-order chi connectivity index (χ1) is 9.70. The molecule has 1 aliphatic heterocycles. The average Bonchev–Trinajstić information content (AvgIpc) is 2.47. The summed E-state index contributed by atoms with van der Waals surface area (Å²) in [5.41, 5.74) is 1.06. The number of nitrogens with zero attached hydrogens (tertiary/aromatic N) is 2. The zero-order valence-corrected chi connectivity index (χ0v) is 11.6. The number of carbonyl (C=O) groups excluding carboxylic acids is 1. The lowest BCUT2D eigenvalue weighted by Gasteiger charge is -2.29.